The molecule has 2 aromatic rings. The van der Waals surface area contributed by atoms with Crippen LogP contribution in [0.15, 0.2) is 47.6 Å². The van der Waals surface area contributed by atoms with Gasteiger partial charge in [-0.05, 0) is 57.2 Å². The number of hydrogen-bond acceptors (Lipinski definition) is 7. The van der Waals surface area contributed by atoms with Gasteiger partial charge in [0.2, 0.25) is 0 Å². The third kappa shape index (κ3) is 6.92. The van der Waals surface area contributed by atoms with Crippen molar-refractivity contribution in [2.24, 2.45) is 10.5 Å². The number of anilines is 1. The third-order valence-corrected chi connectivity index (χ3v) is 6.32. The predicted molar refractivity (Wildman–Crippen MR) is 135 cm³/mol. The van der Waals surface area contributed by atoms with Crippen LogP contribution in [-0.4, -0.2) is 55.0 Å². The molecule has 41 heavy (non-hydrogen) atoms. The molecule has 222 valence electrons. The second-order valence-corrected chi connectivity index (χ2v) is 9.40. The maximum Gasteiger partial charge on any atom is 0.421 e. The number of nitrogens with zero attached hydrogens (tertiary/aromatic N) is 3. The third-order valence-electron chi connectivity index (χ3n) is 6.01. The van der Waals surface area contributed by atoms with Crippen LogP contribution in [-0.2, 0) is 31.4 Å². The second kappa shape index (κ2) is 12.0. The number of amides is 2. The van der Waals surface area contributed by atoms with Crippen LogP contribution in [0, 0.1) is 5.41 Å². The van der Waals surface area contributed by atoms with Gasteiger partial charge in [-0.3, -0.25) is 14.6 Å². The molecule has 1 heterocycles. The van der Waals surface area contributed by atoms with E-state index in [-0.39, 0.29) is 36.7 Å². The number of carbonyl (C=O) groups is 3. The maximum absolute atomic E-state index is 13.3. The highest BCUT2D eigenvalue weighted by Gasteiger charge is 2.48. The topological polar surface area (TPSA) is 88.5 Å². The minimum atomic E-state index is -4.73. The van der Waals surface area contributed by atoms with Gasteiger partial charge in [-0.15, -0.1) is 0 Å². The zero-order valence-corrected chi connectivity index (χ0v) is 22.7. The fourth-order valence-corrected chi connectivity index (χ4v) is 4.39. The summed E-state index contributed by atoms with van der Waals surface area (Å²) in [4.78, 5) is 39.4. The quantitative estimate of drug-likeness (QED) is 0.277. The molecule has 15 heteroatoms. The number of hydrogen-bond donors (Lipinski definition) is 0. The standard InChI is InChI=1S/C26H24ClF6N3O5/c1-4-40-22(38)24(3)14-35(34-21(24)15-6-11-18(19(27)12-15)26(31,32)33)13-20(37)36(23(39)41-5-2)17-9-7-16(8-10-17)25(28,29)30/h6-12H,4-5,13-14H2,1-3H3. The number of benzene rings is 2. The van der Waals surface area contributed by atoms with E-state index in [1.54, 1.807) is 6.92 Å². The van der Waals surface area contributed by atoms with Crippen LogP contribution in [0.5, 0.6) is 0 Å². The Hall–Kier alpha value is -3.81. The molecular weight excluding hydrogens is 584 g/mol. The fourth-order valence-electron chi connectivity index (χ4n) is 4.10. The molecular formula is C26H24ClF6N3O5. The number of halogens is 7. The van der Waals surface area contributed by atoms with Gasteiger partial charge in [0.05, 0.1) is 47.3 Å². The van der Waals surface area contributed by atoms with Crippen LogP contribution < -0.4 is 4.90 Å². The summed E-state index contributed by atoms with van der Waals surface area (Å²) in [5.74, 6) is -1.75. The average molecular weight is 608 g/mol. The van der Waals surface area contributed by atoms with Crippen molar-refractivity contribution in [2.45, 2.75) is 33.1 Å². The number of ether oxygens (including phenoxy) is 2. The first-order valence-corrected chi connectivity index (χ1v) is 12.5. The van der Waals surface area contributed by atoms with Gasteiger partial charge >= 0.3 is 24.4 Å². The minimum Gasteiger partial charge on any atom is -0.465 e. The smallest absolute Gasteiger partial charge is 0.421 e. The molecule has 0 aliphatic carbocycles. The molecule has 0 saturated carbocycles. The molecule has 0 N–H and O–H groups in total. The minimum absolute atomic E-state index is 0.0288. The molecule has 1 atom stereocenters. The largest absolute Gasteiger partial charge is 0.465 e. The van der Waals surface area contributed by atoms with Gasteiger partial charge in [-0.2, -0.15) is 31.4 Å². The maximum atomic E-state index is 13.3. The summed E-state index contributed by atoms with van der Waals surface area (Å²) in [6.07, 6.45) is -10.6. The van der Waals surface area contributed by atoms with E-state index in [1.165, 1.54) is 13.8 Å². The lowest BCUT2D eigenvalue weighted by atomic mass is 9.82. The van der Waals surface area contributed by atoms with E-state index in [9.17, 15) is 40.7 Å². The van der Waals surface area contributed by atoms with Crippen molar-refractivity contribution in [1.82, 2.24) is 5.01 Å². The molecule has 0 saturated heterocycles. The van der Waals surface area contributed by atoms with Crippen LogP contribution in [0.2, 0.25) is 5.02 Å². The Labute approximate surface area is 235 Å². The normalized spacial score (nSPS) is 17.2. The molecule has 1 unspecified atom stereocenters. The molecule has 2 aromatic carbocycles. The fraction of sp³-hybridized carbons (Fsp3) is 0.385. The highest BCUT2D eigenvalue weighted by atomic mass is 35.5. The monoisotopic (exact) mass is 607 g/mol. The predicted octanol–water partition coefficient (Wildman–Crippen LogP) is 6.16. The number of carbonyl (C=O) groups excluding carboxylic acids is 3. The number of alkyl halides is 6. The van der Waals surface area contributed by atoms with Crippen LogP contribution >= 0.6 is 11.6 Å². The Morgan fingerprint density at radius 3 is 2.10 bits per heavy atom. The molecule has 3 rings (SSSR count). The van der Waals surface area contributed by atoms with Crippen LogP contribution in [0.1, 0.15) is 37.5 Å². The van der Waals surface area contributed by atoms with Crippen LogP contribution in [0.3, 0.4) is 0 Å². The Morgan fingerprint density at radius 2 is 1.59 bits per heavy atom. The van der Waals surface area contributed by atoms with Gasteiger partial charge in [0.15, 0.2) is 0 Å². The van der Waals surface area contributed by atoms with Crippen LogP contribution in [0.25, 0.3) is 0 Å². The van der Waals surface area contributed by atoms with Gasteiger partial charge < -0.3 is 9.47 Å². The highest BCUT2D eigenvalue weighted by Crippen LogP contribution is 2.38. The molecule has 1 aliphatic rings. The summed E-state index contributed by atoms with van der Waals surface area (Å²) < 4.78 is 88.8. The van der Waals surface area contributed by atoms with Crippen molar-refractivity contribution in [3.63, 3.8) is 0 Å². The van der Waals surface area contributed by atoms with Crippen molar-refractivity contribution in [2.75, 3.05) is 31.2 Å². The van der Waals surface area contributed by atoms with E-state index in [2.05, 4.69) is 5.10 Å². The number of esters is 1. The van der Waals surface area contributed by atoms with Crippen molar-refractivity contribution in [3.05, 3.63) is 64.2 Å². The number of imide groups is 1. The average Bonchev–Trinajstić information content (AvgIpc) is 3.20. The van der Waals surface area contributed by atoms with Crippen molar-refractivity contribution in [1.29, 1.82) is 0 Å². The molecule has 0 bridgehead atoms. The Balaban J connectivity index is 1.98. The zero-order chi connectivity index (χ0) is 30.8. The first-order valence-electron chi connectivity index (χ1n) is 12.1. The summed E-state index contributed by atoms with van der Waals surface area (Å²) in [5.41, 5.74) is -3.88. The van der Waals surface area contributed by atoms with Gasteiger partial charge in [0.1, 0.15) is 12.0 Å². The molecule has 0 spiro atoms. The van der Waals surface area contributed by atoms with Crippen molar-refractivity contribution >= 4 is 41.0 Å². The molecule has 2 amide bonds. The lowest BCUT2D eigenvalue weighted by Gasteiger charge is -2.26. The molecule has 0 radical (unpaired) electrons. The lowest BCUT2D eigenvalue weighted by molar-refractivity contribution is -0.150. The molecule has 0 fully saturated rings. The summed E-state index contributed by atoms with van der Waals surface area (Å²) in [7, 11) is 0. The Kier molecular flexibility index (Phi) is 9.26. The summed E-state index contributed by atoms with van der Waals surface area (Å²) in [6, 6.07) is 6.00. The van der Waals surface area contributed by atoms with E-state index >= 15 is 0 Å². The molecule has 0 aromatic heterocycles. The van der Waals surface area contributed by atoms with Gasteiger partial charge in [-0.25, -0.2) is 9.69 Å². The summed E-state index contributed by atoms with van der Waals surface area (Å²) >= 11 is 5.87. The Bertz CT molecular complexity index is 1350. The van der Waals surface area contributed by atoms with E-state index in [4.69, 9.17) is 21.1 Å². The first-order chi connectivity index (χ1) is 19.0. The second-order valence-electron chi connectivity index (χ2n) is 8.99. The van der Waals surface area contributed by atoms with E-state index in [1.807, 2.05) is 0 Å². The summed E-state index contributed by atoms with van der Waals surface area (Å²) in [5, 5.41) is 4.73. The highest BCUT2D eigenvalue weighted by molar-refractivity contribution is 6.32. The van der Waals surface area contributed by atoms with Gasteiger partial charge in [-0.1, -0.05) is 17.7 Å². The number of rotatable bonds is 7. The van der Waals surface area contributed by atoms with E-state index in [0.29, 0.717) is 17.0 Å². The zero-order valence-electron chi connectivity index (χ0n) is 21.9. The first kappa shape index (κ1) is 31.7. The SMILES string of the molecule is CCOC(=O)N(C(=O)CN1CC(C)(C(=O)OCC)C(c2ccc(C(F)(F)F)c(Cl)c2)=N1)c1ccc(C(F)(F)F)cc1. The van der Waals surface area contributed by atoms with Crippen molar-refractivity contribution in [3.8, 4) is 0 Å². The van der Waals surface area contributed by atoms with E-state index in [0.717, 1.165) is 35.3 Å². The van der Waals surface area contributed by atoms with Gasteiger partial charge in [0, 0.05) is 5.56 Å². The summed E-state index contributed by atoms with van der Waals surface area (Å²) in [6.45, 7) is 3.31. The van der Waals surface area contributed by atoms with Crippen LogP contribution in [0.4, 0.5) is 36.8 Å². The Morgan fingerprint density at radius 1 is 0.976 bits per heavy atom. The van der Waals surface area contributed by atoms with Gasteiger partial charge in [0.25, 0.3) is 5.91 Å². The number of hydrazone groups is 1. The van der Waals surface area contributed by atoms with Crippen molar-refractivity contribution < 1.29 is 50.2 Å². The molecule has 1 aliphatic heterocycles. The van der Waals surface area contributed by atoms with E-state index < -0.39 is 58.4 Å². The lowest BCUT2D eigenvalue weighted by Crippen LogP contribution is -2.45. The molecule has 8 nitrogen and oxygen atoms in total.